The van der Waals surface area contributed by atoms with E-state index in [9.17, 15) is 5.11 Å². The van der Waals surface area contributed by atoms with Crippen LogP contribution in [0.15, 0.2) is 18.2 Å². The zero-order valence-electron chi connectivity index (χ0n) is 12.4. The fourth-order valence-corrected chi connectivity index (χ4v) is 3.66. The van der Waals surface area contributed by atoms with Gasteiger partial charge < -0.3 is 15.3 Å². The van der Waals surface area contributed by atoms with Crippen molar-refractivity contribution in [2.45, 2.75) is 38.6 Å². The minimum atomic E-state index is 0.429. The van der Waals surface area contributed by atoms with E-state index in [2.05, 4.69) is 23.2 Å². The number of benzene rings is 1. The maximum absolute atomic E-state index is 9.88. The lowest BCUT2D eigenvalue weighted by atomic mass is 10.1. The first-order valence-electron chi connectivity index (χ1n) is 8.00. The zero-order valence-corrected chi connectivity index (χ0v) is 12.4. The summed E-state index contributed by atoms with van der Waals surface area (Å²) >= 11 is 0. The standard InChI is InChI=1S/C17H26N2O/c1-13(12-19-9-2-3-10-19)11-18-16-8-7-15-14(16)5-4-6-17(15)20/h4-6,13,16,18,20H,2-3,7-12H2,1H3. The molecule has 1 aromatic carbocycles. The van der Waals surface area contributed by atoms with Crippen molar-refractivity contribution in [1.82, 2.24) is 10.2 Å². The summed E-state index contributed by atoms with van der Waals surface area (Å²) in [5, 5.41) is 13.6. The van der Waals surface area contributed by atoms with Crippen molar-refractivity contribution in [2.24, 2.45) is 5.92 Å². The predicted octanol–water partition coefficient (Wildman–Crippen LogP) is 2.70. The average molecular weight is 274 g/mol. The molecule has 2 aliphatic rings. The summed E-state index contributed by atoms with van der Waals surface area (Å²) in [6.07, 6.45) is 4.86. The average Bonchev–Trinajstić information content (AvgIpc) is 3.06. The molecule has 1 saturated heterocycles. The summed E-state index contributed by atoms with van der Waals surface area (Å²) in [6.45, 7) is 7.18. The minimum absolute atomic E-state index is 0.429. The Morgan fingerprint density at radius 1 is 1.35 bits per heavy atom. The lowest BCUT2D eigenvalue weighted by Crippen LogP contribution is -2.32. The zero-order chi connectivity index (χ0) is 13.9. The van der Waals surface area contributed by atoms with Crippen LogP contribution in [0, 0.1) is 5.92 Å². The molecule has 1 fully saturated rings. The van der Waals surface area contributed by atoms with Gasteiger partial charge in [0.1, 0.15) is 5.75 Å². The summed E-state index contributed by atoms with van der Waals surface area (Å²) in [5.41, 5.74) is 2.45. The molecule has 1 heterocycles. The Bertz CT molecular complexity index is 454. The molecule has 3 rings (SSSR count). The number of phenolic OH excluding ortho intramolecular Hbond substituents is 1. The molecule has 2 atom stereocenters. The van der Waals surface area contributed by atoms with Crippen molar-refractivity contribution in [3.05, 3.63) is 29.3 Å². The van der Waals surface area contributed by atoms with Crippen LogP contribution in [0.3, 0.4) is 0 Å². The Morgan fingerprint density at radius 2 is 2.15 bits per heavy atom. The van der Waals surface area contributed by atoms with Crippen molar-refractivity contribution >= 4 is 0 Å². The number of nitrogens with one attached hydrogen (secondary N) is 1. The van der Waals surface area contributed by atoms with Gasteiger partial charge in [0.25, 0.3) is 0 Å². The van der Waals surface area contributed by atoms with Gasteiger partial charge in [-0.25, -0.2) is 0 Å². The quantitative estimate of drug-likeness (QED) is 0.866. The number of hydrogen-bond donors (Lipinski definition) is 2. The molecule has 0 aromatic heterocycles. The van der Waals surface area contributed by atoms with E-state index in [4.69, 9.17) is 0 Å². The van der Waals surface area contributed by atoms with Crippen LogP contribution in [0.25, 0.3) is 0 Å². The van der Waals surface area contributed by atoms with Crippen LogP contribution in [-0.2, 0) is 6.42 Å². The van der Waals surface area contributed by atoms with Crippen LogP contribution in [-0.4, -0.2) is 36.2 Å². The van der Waals surface area contributed by atoms with E-state index >= 15 is 0 Å². The molecule has 3 heteroatoms. The van der Waals surface area contributed by atoms with Gasteiger partial charge in [0, 0.05) is 12.6 Å². The topological polar surface area (TPSA) is 35.5 Å². The molecule has 0 spiro atoms. The van der Waals surface area contributed by atoms with E-state index in [1.165, 1.54) is 38.0 Å². The van der Waals surface area contributed by atoms with Crippen molar-refractivity contribution in [2.75, 3.05) is 26.2 Å². The molecule has 1 aromatic rings. The highest BCUT2D eigenvalue weighted by Gasteiger charge is 2.24. The number of rotatable bonds is 5. The highest BCUT2D eigenvalue weighted by Crippen LogP contribution is 2.36. The highest BCUT2D eigenvalue weighted by atomic mass is 16.3. The summed E-state index contributed by atoms with van der Waals surface area (Å²) in [4.78, 5) is 2.58. The summed E-state index contributed by atoms with van der Waals surface area (Å²) < 4.78 is 0. The van der Waals surface area contributed by atoms with Crippen LogP contribution in [0.2, 0.25) is 0 Å². The van der Waals surface area contributed by atoms with Gasteiger partial charge in [-0.2, -0.15) is 0 Å². The fraction of sp³-hybridized carbons (Fsp3) is 0.647. The largest absolute Gasteiger partial charge is 0.508 e. The molecule has 3 nitrogen and oxygen atoms in total. The molecule has 0 bridgehead atoms. The molecular formula is C17H26N2O. The number of hydrogen-bond acceptors (Lipinski definition) is 3. The SMILES string of the molecule is CC(CNC1CCc2c(O)cccc21)CN1CCCC1. The molecular weight excluding hydrogens is 248 g/mol. The normalized spacial score (nSPS) is 23.9. The summed E-state index contributed by atoms with van der Waals surface area (Å²) in [6, 6.07) is 6.35. The van der Waals surface area contributed by atoms with Gasteiger partial charge >= 0.3 is 0 Å². The predicted molar refractivity (Wildman–Crippen MR) is 82.0 cm³/mol. The van der Waals surface area contributed by atoms with E-state index in [1.807, 2.05) is 6.07 Å². The summed E-state index contributed by atoms with van der Waals surface area (Å²) in [7, 11) is 0. The first kappa shape index (κ1) is 13.9. The molecule has 2 N–H and O–H groups in total. The Balaban J connectivity index is 1.51. The third kappa shape index (κ3) is 2.99. The molecule has 2 unspecified atom stereocenters. The highest BCUT2D eigenvalue weighted by molar-refractivity contribution is 5.44. The summed E-state index contributed by atoms with van der Waals surface area (Å²) in [5.74, 6) is 1.16. The van der Waals surface area contributed by atoms with Gasteiger partial charge in [-0.05, 0) is 68.4 Å². The van der Waals surface area contributed by atoms with Crippen LogP contribution in [0.5, 0.6) is 5.75 Å². The molecule has 1 aliphatic heterocycles. The fourth-order valence-electron chi connectivity index (χ4n) is 3.66. The van der Waals surface area contributed by atoms with Crippen molar-refractivity contribution < 1.29 is 5.11 Å². The number of nitrogens with zero attached hydrogens (tertiary/aromatic N) is 1. The van der Waals surface area contributed by atoms with Gasteiger partial charge in [0.15, 0.2) is 0 Å². The van der Waals surface area contributed by atoms with Gasteiger partial charge in [0.05, 0.1) is 0 Å². The van der Waals surface area contributed by atoms with Gasteiger partial charge in [-0.1, -0.05) is 19.1 Å². The van der Waals surface area contributed by atoms with Crippen molar-refractivity contribution in [1.29, 1.82) is 0 Å². The first-order valence-corrected chi connectivity index (χ1v) is 8.00. The van der Waals surface area contributed by atoms with Crippen LogP contribution in [0.1, 0.15) is 43.4 Å². The van der Waals surface area contributed by atoms with E-state index in [0.717, 1.165) is 24.9 Å². The van der Waals surface area contributed by atoms with Gasteiger partial charge in [-0.3, -0.25) is 0 Å². The van der Waals surface area contributed by atoms with E-state index in [0.29, 0.717) is 17.7 Å². The maximum Gasteiger partial charge on any atom is 0.119 e. The lowest BCUT2D eigenvalue weighted by molar-refractivity contribution is 0.277. The van der Waals surface area contributed by atoms with Crippen molar-refractivity contribution in [3.63, 3.8) is 0 Å². The second kappa shape index (κ2) is 6.15. The van der Waals surface area contributed by atoms with E-state index in [-0.39, 0.29) is 0 Å². The molecule has 1 aliphatic carbocycles. The molecule has 20 heavy (non-hydrogen) atoms. The second-order valence-corrected chi connectivity index (χ2v) is 6.46. The van der Waals surface area contributed by atoms with Crippen LogP contribution in [0.4, 0.5) is 0 Å². The van der Waals surface area contributed by atoms with Crippen LogP contribution >= 0.6 is 0 Å². The Morgan fingerprint density at radius 3 is 2.95 bits per heavy atom. The number of likely N-dealkylation sites (tertiary alicyclic amines) is 1. The van der Waals surface area contributed by atoms with Gasteiger partial charge in [0.2, 0.25) is 0 Å². The van der Waals surface area contributed by atoms with E-state index < -0.39 is 0 Å². The third-order valence-corrected chi connectivity index (χ3v) is 4.73. The Hall–Kier alpha value is -1.06. The second-order valence-electron chi connectivity index (χ2n) is 6.46. The Labute approximate surface area is 122 Å². The number of phenols is 1. The number of fused-ring (bicyclic) bond motifs is 1. The van der Waals surface area contributed by atoms with Gasteiger partial charge in [-0.15, -0.1) is 0 Å². The lowest BCUT2D eigenvalue weighted by Gasteiger charge is -2.22. The van der Waals surface area contributed by atoms with Crippen LogP contribution < -0.4 is 5.32 Å². The smallest absolute Gasteiger partial charge is 0.119 e. The molecule has 0 amide bonds. The maximum atomic E-state index is 9.88. The van der Waals surface area contributed by atoms with Crippen molar-refractivity contribution in [3.8, 4) is 5.75 Å². The first-order chi connectivity index (χ1) is 9.74. The number of aromatic hydroxyl groups is 1. The monoisotopic (exact) mass is 274 g/mol. The molecule has 0 saturated carbocycles. The third-order valence-electron chi connectivity index (χ3n) is 4.73. The minimum Gasteiger partial charge on any atom is -0.508 e. The molecule has 110 valence electrons. The Kier molecular flexibility index (Phi) is 4.27. The van der Waals surface area contributed by atoms with E-state index in [1.54, 1.807) is 6.07 Å². The molecule has 0 radical (unpaired) electrons.